The van der Waals surface area contributed by atoms with E-state index in [9.17, 15) is 9.59 Å². The number of carbonyl (C=O) groups is 2. The number of carbonyl (C=O) groups excluding carboxylic acids is 2. The molecular weight excluding hydrogens is 184 g/mol. The Kier molecular flexibility index (Phi) is 5.15. The zero-order chi connectivity index (χ0) is 11.3. The summed E-state index contributed by atoms with van der Waals surface area (Å²) >= 11 is 0. The molecule has 0 aromatic carbocycles. The molecule has 0 saturated heterocycles. The molecule has 0 radical (unpaired) electrons. The summed E-state index contributed by atoms with van der Waals surface area (Å²) in [4.78, 5) is 22.5. The average molecular weight is 202 g/mol. The van der Waals surface area contributed by atoms with Gasteiger partial charge in [0.15, 0.2) is 0 Å². The maximum atomic E-state index is 11.2. The SMILES string of the molecule is COC(=O)[C@@H](NC(=O)[C@H](C)N)C(C)C. The highest BCUT2D eigenvalue weighted by atomic mass is 16.5. The van der Waals surface area contributed by atoms with Crippen LogP contribution in [0.1, 0.15) is 20.8 Å². The van der Waals surface area contributed by atoms with Crippen LogP contribution in [0.4, 0.5) is 0 Å². The number of ether oxygens (including phenoxy) is 1. The van der Waals surface area contributed by atoms with Gasteiger partial charge in [0.1, 0.15) is 6.04 Å². The third-order valence-electron chi connectivity index (χ3n) is 1.83. The fourth-order valence-corrected chi connectivity index (χ4v) is 0.909. The Hall–Kier alpha value is -1.10. The van der Waals surface area contributed by atoms with Crippen molar-refractivity contribution in [2.24, 2.45) is 11.7 Å². The van der Waals surface area contributed by atoms with Crippen molar-refractivity contribution < 1.29 is 14.3 Å². The molecule has 0 aromatic heterocycles. The van der Waals surface area contributed by atoms with Gasteiger partial charge >= 0.3 is 5.97 Å². The van der Waals surface area contributed by atoms with Crippen molar-refractivity contribution in [3.8, 4) is 0 Å². The van der Waals surface area contributed by atoms with Crippen LogP contribution >= 0.6 is 0 Å². The van der Waals surface area contributed by atoms with Gasteiger partial charge in [0.05, 0.1) is 13.2 Å². The quantitative estimate of drug-likeness (QED) is 0.610. The second-order valence-corrected chi connectivity index (χ2v) is 3.54. The predicted molar refractivity (Wildman–Crippen MR) is 52.4 cm³/mol. The number of hydrogen-bond acceptors (Lipinski definition) is 4. The molecular formula is C9H18N2O3. The number of amides is 1. The van der Waals surface area contributed by atoms with Gasteiger partial charge in [-0.25, -0.2) is 4.79 Å². The van der Waals surface area contributed by atoms with Gasteiger partial charge in [-0.15, -0.1) is 0 Å². The average Bonchev–Trinajstić information content (AvgIpc) is 2.11. The molecule has 0 unspecified atom stereocenters. The number of esters is 1. The molecule has 2 atom stereocenters. The Bertz CT molecular complexity index is 214. The Labute approximate surface area is 84.0 Å². The van der Waals surface area contributed by atoms with E-state index in [1.165, 1.54) is 7.11 Å². The van der Waals surface area contributed by atoms with Crippen molar-refractivity contribution in [1.29, 1.82) is 0 Å². The highest BCUT2D eigenvalue weighted by Gasteiger charge is 2.25. The molecule has 5 heteroatoms. The van der Waals surface area contributed by atoms with Gasteiger partial charge in [0.25, 0.3) is 0 Å². The normalized spacial score (nSPS) is 14.7. The van der Waals surface area contributed by atoms with Crippen molar-refractivity contribution >= 4 is 11.9 Å². The molecule has 1 amide bonds. The van der Waals surface area contributed by atoms with Crippen LogP contribution in [0.5, 0.6) is 0 Å². The van der Waals surface area contributed by atoms with E-state index in [1.807, 2.05) is 13.8 Å². The highest BCUT2D eigenvalue weighted by molar-refractivity contribution is 5.87. The molecule has 0 heterocycles. The Morgan fingerprint density at radius 2 is 1.79 bits per heavy atom. The summed E-state index contributed by atoms with van der Waals surface area (Å²) in [5.74, 6) is -0.826. The van der Waals surface area contributed by atoms with Gasteiger partial charge in [-0.2, -0.15) is 0 Å². The molecule has 0 spiro atoms. The summed E-state index contributed by atoms with van der Waals surface area (Å²) in [6.45, 7) is 5.20. The zero-order valence-corrected chi connectivity index (χ0v) is 9.03. The number of methoxy groups -OCH3 is 1. The molecule has 0 aliphatic rings. The lowest BCUT2D eigenvalue weighted by molar-refractivity contribution is -0.146. The third kappa shape index (κ3) is 3.74. The Morgan fingerprint density at radius 1 is 1.29 bits per heavy atom. The summed E-state index contributed by atoms with van der Waals surface area (Å²) in [7, 11) is 1.29. The molecule has 82 valence electrons. The first-order valence-electron chi connectivity index (χ1n) is 4.54. The van der Waals surface area contributed by atoms with Crippen LogP contribution in [0.3, 0.4) is 0 Å². The van der Waals surface area contributed by atoms with Crippen molar-refractivity contribution in [3.63, 3.8) is 0 Å². The standard InChI is InChI=1S/C9H18N2O3/c1-5(2)7(9(13)14-4)11-8(12)6(3)10/h5-7H,10H2,1-4H3,(H,11,12)/t6-,7-/m0/s1. The molecule has 0 rings (SSSR count). The zero-order valence-electron chi connectivity index (χ0n) is 9.03. The lowest BCUT2D eigenvalue weighted by Crippen LogP contribution is -2.50. The van der Waals surface area contributed by atoms with E-state index < -0.39 is 18.1 Å². The van der Waals surface area contributed by atoms with Crippen LogP contribution in [0, 0.1) is 5.92 Å². The van der Waals surface area contributed by atoms with Gasteiger partial charge < -0.3 is 15.8 Å². The van der Waals surface area contributed by atoms with Gasteiger partial charge in [-0.05, 0) is 12.8 Å². The van der Waals surface area contributed by atoms with Crippen LogP contribution in [-0.2, 0) is 14.3 Å². The monoisotopic (exact) mass is 202 g/mol. The largest absolute Gasteiger partial charge is 0.467 e. The minimum atomic E-state index is -0.626. The van der Waals surface area contributed by atoms with Crippen molar-refractivity contribution in [3.05, 3.63) is 0 Å². The lowest BCUT2D eigenvalue weighted by Gasteiger charge is -2.20. The molecule has 0 fully saturated rings. The summed E-state index contributed by atoms with van der Waals surface area (Å²) in [6.07, 6.45) is 0. The van der Waals surface area contributed by atoms with Crippen LogP contribution in [-0.4, -0.2) is 31.1 Å². The minimum Gasteiger partial charge on any atom is -0.467 e. The van der Waals surface area contributed by atoms with Crippen LogP contribution in [0.25, 0.3) is 0 Å². The molecule has 0 aliphatic heterocycles. The maximum absolute atomic E-state index is 11.2. The second-order valence-electron chi connectivity index (χ2n) is 3.54. The molecule has 14 heavy (non-hydrogen) atoms. The number of rotatable bonds is 4. The van der Waals surface area contributed by atoms with E-state index >= 15 is 0 Å². The van der Waals surface area contributed by atoms with E-state index in [2.05, 4.69) is 10.1 Å². The Morgan fingerprint density at radius 3 is 2.07 bits per heavy atom. The van der Waals surface area contributed by atoms with E-state index in [0.717, 1.165) is 0 Å². The van der Waals surface area contributed by atoms with Gasteiger partial charge in [-0.1, -0.05) is 13.8 Å². The maximum Gasteiger partial charge on any atom is 0.328 e. The second kappa shape index (κ2) is 5.59. The molecule has 0 saturated carbocycles. The number of nitrogens with one attached hydrogen (secondary N) is 1. The minimum absolute atomic E-state index is 0.0230. The van der Waals surface area contributed by atoms with Crippen LogP contribution in [0.2, 0.25) is 0 Å². The van der Waals surface area contributed by atoms with Crippen LogP contribution in [0.15, 0.2) is 0 Å². The topological polar surface area (TPSA) is 81.4 Å². The summed E-state index contributed by atoms with van der Waals surface area (Å²) in [5.41, 5.74) is 5.36. The molecule has 3 N–H and O–H groups in total. The highest BCUT2D eigenvalue weighted by Crippen LogP contribution is 2.03. The van der Waals surface area contributed by atoms with E-state index in [0.29, 0.717) is 0 Å². The van der Waals surface area contributed by atoms with E-state index in [1.54, 1.807) is 6.92 Å². The van der Waals surface area contributed by atoms with E-state index in [4.69, 9.17) is 5.73 Å². The van der Waals surface area contributed by atoms with Crippen LogP contribution < -0.4 is 11.1 Å². The summed E-state index contributed by atoms with van der Waals surface area (Å²) < 4.78 is 4.56. The van der Waals surface area contributed by atoms with Gasteiger partial charge in [0, 0.05) is 0 Å². The number of nitrogens with two attached hydrogens (primary N) is 1. The molecule has 0 aliphatic carbocycles. The van der Waals surface area contributed by atoms with Gasteiger partial charge in [0.2, 0.25) is 5.91 Å². The smallest absolute Gasteiger partial charge is 0.328 e. The number of hydrogen-bond donors (Lipinski definition) is 2. The van der Waals surface area contributed by atoms with Crippen molar-refractivity contribution in [1.82, 2.24) is 5.32 Å². The summed E-state index contributed by atoms with van der Waals surface area (Å²) in [6, 6.07) is -1.25. The first-order chi connectivity index (χ1) is 6.40. The van der Waals surface area contributed by atoms with E-state index in [-0.39, 0.29) is 11.8 Å². The third-order valence-corrected chi connectivity index (χ3v) is 1.83. The molecule has 5 nitrogen and oxygen atoms in total. The Balaban J connectivity index is 4.38. The summed E-state index contributed by atoms with van der Waals surface area (Å²) in [5, 5.41) is 2.53. The molecule has 0 aromatic rings. The fraction of sp³-hybridized carbons (Fsp3) is 0.778. The molecule has 0 bridgehead atoms. The van der Waals surface area contributed by atoms with Crippen molar-refractivity contribution in [2.45, 2.75) is 32.9 Å². The first-order valence-corrected chi connectivity index (χ1v) is 4.54. The van der Waals surface area contributed by atoms with Crippen molar-refractivity contribution in [2.75, 3.05) is 7.11 Å². The first kappa shape index (κ1) is 12.9. The fourth-order valence-electron chi connectivity index (χ4n) is 0.909. The van der Waals surface area contributed by atoms with Gasteiger partial charge in [-0.3, -0.25) is 4.79 Å². The lowest BCUT2D eigenvalue weighted by atomic mass is 10.0. The predicted octanol–water partition coefficient (Wildman–Crippen LogP) is -0.353.